The Morgan fingerprint density at radius 2 is 1.48 bits per heavy atom. The quantitative estimate of drug-likeness (QED) is 0.790. The second-order valence-corrected chi connectivity index (χ2v) is 5.36. The van der Waals surface area contributed by atoms with E-state index in [4.69, 9.17) is 0 Å². The van der Waals surface area contributed by atoms with E-state index >= 15 is 0 Å². The number of carbonyl (C=O) groups excluding carboxylic acids is 1. The maximum absolute atomic E-state index is 12.3. The molecule has 0 atom stereocenters. The lowest BCUT2D eigenvalue weighted by molar-refractivity contribution is -0.145. The number of carbonyl (C=O) groups is 1. The number of amides is 1. The van der Waals surface area contributed by atoms with Gasteiger partial charge < -0.3 is 15.7 Å². The van der Waals surface area contributed by atoms with Gasteiger partial charge in [0.25, 0.3) is 5.91 Å². The molecule has 0 spiro atoms. The fraction of sp³-hybridized carbons (Fsp3) is 0.235. The number of benzene rings is 2. The Morgan fingerprint density at radius 1 is 1.00 bits per heavy atom. The molecule has 0 aliphatic carbocycles. The minimum atomic E-state index is -1.29. The van der Waals surface area contributed by atoms with Crippen LogP contribution in [0.15, 0.2) is 60.7 Å². The standard InChI is InChI=1S/C17H18N2O2/c20-16(17(21)11-18-12-17)19-15(13-7-3-1-4-8-13)14-9-5-2-6-10-14/h1-10,15,18,21H,11-12H2,(H,19,20). The predicted octanol–water partition coefficient (Wildman–Crippen LogP) is 1.23. The molecule has 1 heterocycles. The van der Waals surface area contributed by atoms with Crippen LogP contribution in [0.1, 0.15) is 17.2 Å². The van der Waals surface area contributed by atoms with Gasteiger partial charge in [0.05, 0.1) is 6.04 Å². The molecule has 0 radical (unpaired) electrons. The molecular weight excluding hydrogens is 264 g/mol. The van der Waals surface area contributed by atoms with Crippen molar-refractivity contribution in [2.75, 3.05) is 13.1 Å². The Kier molecular flexibility index (Phi) is 3.73. The van der Waals surface area contributed by atoms with E-state index in [0.717, 1.165) is 11.1 Å². The van der Waals surface area contributed by atoms with Gasteiger partial charge in [-0.3, -0.25) is 4.79 Å². The molecule has 1 aliphatic rings. The summed E-state index contributed by atoms with van der Waals surface area (Å²) in [6.07, 6.45) is 0. The average Bonchev–Trinajstić information content (AvgIpc) is 2.51. The minimum Gasteiger partial charge on any atom is -0.377 e. The van der Waals surface area contributed by atoms with Crippen LogP contribution in [-0.2, 0) is 4.79 Å². The fourth-order valence-electron chi connectivity index (χ4n) is 2.44. The maximum atomic E-state index is 12.3. The molecular formula is C17H18N2O2. The third kappa shape index (κ3) is 2.82. The van der Waals surface area contributed by atoms with E-state index in [2.05, 4.69) is 10.6 Å². The number of hydrogen-bond acceptors (Lipinski definition) is 3. The summed E-state index contributed by atoms with van der Waals surface area (Å²) < 4.78 is 0. The first kappa shape index (κ1) is 13.8. The van der Waals surface area contributed by atoms with Crippen molar-refractivity contribution in [2.45, 2.75) is 11.6 Å². The SMILES string of the molecule is O=C(NC(c1ccccc1)c1ccccc1)C1(O)CNC1. The maximum Gasteiger partial charge on any atom is 0.255 e. The van der Waals surface area contributed by atoms with Crippen LogP contribution < -0.4 is 10.6 Å². The van der Waals surface area contributed by atoms with E-state index in [1.807, 2.05) is 60.7 Å². The molecule has 0 saturated carbocycles. The molecule has 0 aromatic heterocycles. The van der Waals surface area contributed by atoms with Gasteiger partial charge in [-0.05, 0) is 11.1 Å². The number of nitrogens with one attached hydrogen (secondary N) is 2. The molecule has 0 bridgehead atoms. The van der Waals surface area contributed by atoms with Gasteiger partial charge in [-0.25, -0.2) is 0 Å². The Morgan fingerprint density at radius 3 is 1.86 bits per heavy atom. The molecule has 1 amide bonds. The Balaban J connectivity index is 1.88. The average molecular weight is 282 g/mol. The van der Waals surface area contributed by atoms with Crippen molar-refractivity contribution in [1.29, 1.82) is 0 Å². The van der Waals surface area contributed by atoms with E-state index < -0.39 is 5.60 Å². The van der Waals surface area contributed by atoms with Crippen molar-refractivity contribution in [2.24, 2.45) is 0 Å². The van der Waals surface area contributed by atoms with E-state index in [1.54, 1.807) is 0 Å². The summed E-state index contributed by atoms with van der Waals surface area (Å²) in [5, 5.41) is 16.0. The molecule has 21 heavy (non-hydrogen) atoms. The normalized spacial score (nSPS) is 16.3. The highest BCUT2D eigenvalue weighted by molar-refractivity contribution is 5.87. The highest BCUT2D eigenvalue weighted by atomic mass is 16.3. The van der Waals surface area contributed by atoms with Gasteiger partial charge in [0.2, 0.25) is 0 Å². The van der Waals surface area contributed by atoms with Crippen LogP contribution in [0.5, 0.6) is 0 Å². The highest BCUT2D eigenvalue weighted by Gasteiger charge is 2.42. The van der Waals surface area contributed by atoms with Crippen molar-refractivity contribution in [3.8, 4) is 0 Å². The lowest BCUT2D eigenvalue weighted by atomic mass is 9.93. The fourth-order valence-corrected chi connectivity index (χ4v) is 2.44. The Hall–Kier alpha value is -2.17. The van der Waals surface area contributed by atoms with Crippen LogP contribution in [0.25, 0.3) is 0 Å². The third-order valence-corrected chi connectivity index (χ3v) is 3.80. The van der Waals surface area contributed by atoms with Crippen molar-refractivity contribution >= 4 is 5.91 Å². The summed E-state index contributed by atoms with van der Waals surface area (Å²) in [6, 6.07) is 19.3. The molecule has 4 nitrogen and oxygen atoms in total. The van der Waals surface area contributed by atoms with Crippen LogP contribution in [0.3, 0.4) is 0 Å². The zero-order valence-electron chi connectivity index (χ0n) is 11.6. The predicted molar refractivity (Wildman–Crippen MR) is 80.7 cm³/mol. The molecule has 4 heteroatoms. The molecule has 0 unspecified atom stereocenters. The van der Waals surface area contributed by atoms with Crippen LogP contribution in [0.4, 0.5) is 0 Å². The van der Waals surface area contributed by atoms with E-state index in [-0.39, 0.29) is 11.9 Å². The lowest BCUT2D eigenvalue weighted by Crippen LogP contribution is -2.67. The molecule has 3 rings (SSSR count). The molecule has 3 N–H and O–H groups in total. The molecule has 108 valence electrons. The molecule has 1 fully saturated rings. The Labute approximate surface area is 123 Å². The van der Waals surface area contributed by atoms with Gasteiger partial charge in [-0.1, -0.05) is 60.7 Å². The largest absolute Gasteiger partial charge is 0.377 e. The second-order valence-electron chi connectivity index (χ2n) is 5.36. The first-order valence-corrected chi connectivity index (χ1v) is 7.03. The number of hydrogen-bond donors (Lipinski definition) is 3. The number of β-amino-alcohol motifs (C(OH)–C–C–N with tert-alkyl or cyclic N) is 1. The van der Waals surface area contributed by atoms with E-state index in [1.165, 1.54) is 0 Å². The first-order chi connectivity index (χ1) is 10.2. The number of aliphatic hydroxyl groups is 1. The summed E-state index contributed by atoms with van der Waals surface area (Å²) in [7, 11) is 0. The summed E-state index contributed by atoms with van der Waals surface area (Å²) in [5.41, 5.74) is 0.697. The lowest BCUT2D eigenvalue weighted by Gasteiger charge is -2.37. The van der Waals surface area contributed by atoms with Gasteiger partial charge in [-0.15, -0.1) is 0 Å². The van der Waals surface area contributed by atoms with Gasteiger partial charge in [0.1, 0.15) is 0 Å². The minimum absolute atomic E-state index is 0.260. The summed E-state index contributed by atoms with van der Waals surface area (Å²) in [4.78, 5) is 12.3. The topological polar surface area (TPSA) is 61.4 Å². The van der Waals surface area contributed by atoms with Crippen molar-refractivity contribution in [3.05, 3.63) is 71.8 Å². The Bertz CT molecular complexity index is 570. The van der Waals surface area contributed by atoms with E-state index in [0.29, 0.717) is 13.1 Å². The van der Waals surface area contributed by atoms with E-state index in [9.17, 15) is 9.90 Å². The van der Waals surface area contributed by atoms with Crippen LogP contribution in [0.2, 0.25) is 0 Å². The van der Waals surface area contributed by atoms with Crippen molar-refractivity contribution < 1.29 is 9.90 Å². The summed E-state index contributed by atoms with van der Waals surface area (Å²) in [6.45, 7) is 0.601. The monoisotopic (exact) mass is 282 g/mol. The highest BCUT2D eigenvalue weighted by Crippen LogP contribution is 2.23. The van der Waals surface area contributed by atoms with Crippen LogP contribution in [-0.4, -0.2) is 29.7 Å². The van der Waals surface area contributed by atoms with Crippen LogP contribution >= 0.6 is 0 Å². The third-order valence-electron chi connectivity index (χ3n) is 3.80. The van der Waals surface area contributed by atoms with Crippen LogP contribution in [0, 0.1) is 0 Å². The zero-order valence-corrected chi connectivity index (χ0v) is 11.6. The smallest absolute Gasteiger partial charge is 0.255 e. The molecule has 1 saturated heterocycles. The summed E-state index contributed by atoms with van der Waals surface area (Å²) >= 11 is 0. The molecule has 1 aliphatic heterocycles. The molecule has 2 aromatic rings. The zero-order chi connectivity index (χ0) is 14.7. The molecule has 2 aromatic carbocycles. The van der Waals surface area contributed by atoms with Gasteiger partial charge in [-0.2, -0.15) is 0 Å². The number of rotatable bonds is 4. The van der Waals surface area contributed by atoms with Gasteiger partial charge in [0, 0.05) is 13.1 Å². The summed E-state index contributed by atoms with van der Waals surface area (Å²) in [5.74, 6) is -0.334. The first-order valence-electron chi connectivity index (χ1n) is 7.03. The van der Waals surface area contributed by atoms with Crippen molar-refractivity contribution in [1.82, 2.24) is 10.6 Å². The van der Waals surface area contributed by atoms with Crippen molar-refractivity contribution in [3.63, 3.8) is 0 Å². The van der Waals surface area contributed by atoms with Gasteiger partial charge in [0.15, 0.2) is 5.60 Å². The second kappa shape index (κ2) is 5.68. The van der Waals surface area contributed by atoms with Gasteiger partial charge >= 0.3 is 0 Å².